The van der Waals surface area contributed by atoms with Gasteiger partial charge in [0.2, 0.25) is 0 Å². The molecule has 4 fully saturated rings. The highest BCUT2D eigenvalue weighted by atomic mass is 16.5. The monoisotopic (exact) mass is 279 g/mol. The molecular formula is C15H25N3O2. The maximum atomic E-state index is 12.3. The van der Waals surface area contributed by atoms with E-state index in [4.69, 9.17) is 4.74 Å². The first-order valence-corrected chi connectivity index (χ1v) is 8.19. The van der Waals surface area contributed by atoms with Crippen LogP contribution in [-0.4, -0.2) is 55.9 Å². The van der Waals surface area contributed by atoms with Gasteiger partial charge in [0, 0.05) is 38.8 Å². The Balaban J connectivity index is 1.23. The molecule has 5 heteroatoms. The molecule has 2 aliphatic carbocycles. The van der Waals surface area contributed by atoms with Crippen molar-refractivity contribution in [1.82, 2.24) is 15.5 Å². The molecule has 2 amide bonds. The molecule has 0 spiro atoms. The first kappa shape index (κ1) is 12.9. The lowest BCUT2D eigenvalue weighted by molar-refractivity contribution is 0.00447. The van der Waals surface area contributed by atoms with E-state index in [1.165, 1.54) is 12.8 Å². The fourth-order valence-corrected chi connectivity index (χ4v) is 3.68. The molecule has 4 rings (SSSR count). The van der Waals surface area contributed by atoms with E-state index in [2.05, 4.69) is 10.6 Å². The summed E-state index contributed by atoms with van der Waals surface area (Å²) >= 11 is 0. The quantitative estimate of drug-likeness (QED) is 0.800. The average molecular weight is 279 g/mol. The van der Waals surface area contributed by atoms with Crippen molar-refractivity contribution in [2.75, 3.05) is 32.8 Å². The van der Waals surface area contributed by atoms with Crippen LogP contribution in [0.3, 0.4) is 0 Å². The van der Waals surface area contributed by atoms with E-state index in [0.29, 0.717) is 17.9 Å². The summed E-state index contributed by atoms with van der Waals surface area (Å²) in [5, 5.41) is 6.57. The number of nitrogens with one attached hydrogen (secondary N) is 2. The number of ether oxygens (including phenoxy) is 1. The number of nitrogens with zero attached hydrogens (tertiary/aromatic N) is 1. The van der Waals surface area contributed by atoms with Gasteiger partial charge in [0.1, 0.15) is 0 Å². The number of piperidine rings is 2. The Hall–Kier alpha value is -0.810. The maximum Gasteiger partial charge on any atom is 0.317 e. The third kappa shape index (κ3) is 2.66. The van der Waals surface area contributed by atoms with E-state index >= 15 is 0 Å². The molecule has 4 atom stereocenters. The van der Waals surface area contributed by atoms with Crippen LogP contribution in [0.1, 0.15) is 25.7 Å². The summed E-state index contributed by atoms with van der Waals surface area (Å²) in [4.78, 5) is 14.3. The van der Waals surface area contributed by atoms with Gasteiger partial charge in [-0.25, -0.2) is 4.79 Å². The lowest BCUT2D eigenvalue weighted by atomic mass is 10.1. The van der Waals surface area contributed by atoms with Crippen molar-refractivity contribution < 1.29 is 9.53 Å². The fraction of sp³-hybridized carbons (Fsp3) is 0.933. The largest absolute Gasteiger partial charge is 0.376 e. The van der Waals surface area contributed by atoms with E-state index < -0.39 is 0 Å². The van der Waals surface area contributed by atoms with Crippen molar-refractivity contribution in [3.63, 3.8) is 0 Å². The van der Waals surface area contributed by atoms with Gasteiger partial charge < -0.3 is 20.3 Å². The van der Waals surface area contributed by atoms with Gasteiger partial charge in [0.05, 0.1) is 6.10 Å². The molecule has 0 aromatic rings. The highest BCUT2D eigenvalue weighted by molar-refractivity contribution is 5.75. The molecule has 0 aromatic heterocycles. The lowest BCUT2D eigenvalue weighted by Crippen LogP contribution is -2.49. The Kier molecular flexibility index (Phi) is 3.34. The smallest absolute Gasteiger partial charge is 0.317 e. The van der Waals surface area contributed by atoms with Crippen molar-refractivity contribution in [2.45, 2.75) is 37.8 Å². The van der Waals surface area contributed by atoms with Gasteiger partial charge in [-0.2, -0.15) is 0 Å². The number of rotatable bonds is 4. The van der Waals surface area contributed by atoms with Crippen LogP contribution in [0.15, 0.2) is 0 Å². The SMILES string of the molecule is O=C(NC1[C@H]2CNC[C@@H]12)N1CCCC(OCC2CC2)C1. The van der Waals surface area contributed by atoms with E-state index in [0.717, 1.165) is 51.5 Å². The summed E-state index contributed by atoms with van der Waals surface area (Å²) in [5.74, 6) is 2.17. The van der Waals surface area contributed by atoms with E-state index in [-0.39, 0.29) is 12.1 Å². The van der Waals surface area contributed by atoms with Gasteiger partial charge in [0.15, 0.2) is 0 Å². The van der Waals surface area contributed by atoms with Crippen LogP contribution in [0.5, 0.6) is 0 Å². The second kappa shape index (κ2) is 5.19. The molecule has 0 aromatic carbocycles. The molecule has 2 saturated heterocycles. The molecule has 4 aliphatic rings. The number of urea groups is 1. The summed E-state index contributed by atoms with van der Waals surface area (Å²) in [7, 11) is 0. The molecule has 2 heterocycles. The number of carbonyl (C=O) groups is 1. The molecule has 0 bridgehead atoms. The summed E-state index contributed by atoms with van der Waals surface area (Å²) < 4.78 is 5.95. The minimum Gasteiger partial charge on any atom is -0.376 e. The molecular weight excluding hydrogens is 254 g/mol. The molecule has 2 aliphatic heterocycles. The number of hydrogen-bond acceptors (Lipinski definition) is 3. The summed E-state index contributed by atoms with van der Waals surface area (Å²) in [6.07, 6.45) is 5.09. The minimum absolute atomic E-state index is 0.129. The van der Waals surface area contributed by atoms with Crippen molar-refractivity contribution in [3.8, 4) is 0 Å². The Morgan fingerprint density at radius 2 is 2.05 bits per heavy atom. The van der Waals surface area contributed by atoms with Crippen LogP contribution in [0.25, 0.3) is 0 Å². The first-order valence-electron chi connectivity index (χ1n) is 8.19. The molecule has 2 unspecified atom stereocenters. The zero-order chi connectivity index (χ0) is 13.5. The Morgan fingerprint density at radius 1 is 1.25 bits per heavy atom. The van der Waals surface area contributed by atoms with Crippen LogP contribution >= 0.6 is 0 Å². The van der Waals surface area contributed by atoms with Crippen LogP contribution in [0.2, 0.25) is 0 Å². The molecule has 5 nitrogen and oxygen atoms in total. The normalized spacial score (nSPS) is 39.5. The second-order valence-corrected chi connectivity index (χ2v) is 6.95. The number of hydrogen-bond donors (Lipinski definition) is 2. The topological polar surface area (TPSA) is 53.6 Å². The van der Waals surface area contributed by atoms with Gasteiger partial charge in [-0.1, -0.05) is 0 Å². The predicted octanol–water partition coefficient (Wildman–Crippen LogP) is 0.805. The van der Waals surface area contributed by atoms with Crippen LogP contribution < -0.4 is 10.6 Å². The zero-order valence-electron chi connectivity index (χ0n) is 12.0. The molecule has 112 valence electrons. The molecule has 2 N–H and O–H groups in total. The Bertz CT molecular complexity index is 375. The Morgan fingerprint density at radius 3 is 2.80 bits per heavy atom. The van der Waals surface area contributed by atoms with Crippen LogP contribution in [0, 0.1) is 17.8 Å². The molecule has 2 saturated carbocycles. The van der Waals surface area contributed by atoms with Crippen molar-refractivity contribution in [3.05, 3.63) is 0 Å². The number of fused-ring (bicyclic) bond motifs is 1. The van der Waals surface area contributed by atoms with Gasteiger partial charge in [0.25, 0.3) is 0 Å². The van der Waals surface area contributed by atoms with Crippen molar-refractivity contribution in [1.29, 1.82) is 0 Å². The van der Waals surface area contributed by atoms with Gasteiger partial charge in [-0.15, -0.1) is 0 Å². The van der Waals surface area contributed by atoms with Gasteiger partial charge in [-0.05, 0) is 43.4 Å². The number of carbonyl (C=O) groups excluding carboxylic acids is 1. The van der Waals surface area contributed by atoms with E-state index in [1.54, 1.807) is 0 Å². The molecule has 20 heavy (non-hydrogen) atoms. The van der Waals surface area contributed by atoms with Crippen LogP contribution in [-0.2, 0) is 4.74 Å². The van der Waals surface area contributed by atoms with E-state index in [9.17, 15) is 4.79 Å². The van der Waals surface area contributed by atoms with Crippen LogP contribution in [0.4, 0.5) is 4.79 Å². The van der Waals surface area contributed by atoms with E-state index in [1.807, 2.05) is 4.90 Å². The maximum absolute atomic E-state index is 12.3. The summed E-state index contributed by atoms with van der Waals surface area (Å²) in [6, 6.07) is 0.556. The lowest BCUT2D eigenvalue weighted by Gasteiger charge is -2.33. The summed E-state index contributed by atoms with van der Waals surface area (Å²) in [5.41, 5.74) is 0. The second-order valence-electron chi connectivity index (χ2n) is 6.95. The summed E-state index contributed by atoms with van der Waals surface area (Å²) in [6.45, 7) is 4.71. The third-order valence-corrected chi connectivity index (χ3v) is 5.31. The predicted molar refractivity (Wildman–Crippen MR) is 75.4 cm³/mol. The zero-order valence-corrected chi connectivity index (χ0v) is 12.0. The first-order chi connectivity index (χ1) is 9.81. The number of amides is 2. The number of likely N-dealkylation sites (tertiary alicyclic amines) is 1. The van der Waals surface area contributed by atoms with Crippen molar-refractivity contribution >= 4 is 6.03 Å². The minimum atomic E-state index is 0.129. The Labute approximate surface area is 120 Å². The van der Waals surface area contributed by atoms with Gasteiger partial charge >= 0.3 is 6.03 Å². The molecule has 0 radical (unpaired) electrons. The van der Waals surface area contributed by atoms with Crippen molar-refractivity contribution in [2.24, 2.45) is 17.8 Å². The highest BCUT2D eigenvalue weighted by Gasteiger charge is 2.54. The highest BCUT2D eigenvalue weighted by Crippen LogP contribution is 2.41. The van der Waals surface area contributed by atoms with Gasteiger partial charge in [-0.3, -0.25) is 0 Å². The standard InChI is InChI=1S/C15H25N3O2/c19-15(17-14-12-6-16-7-13(12)14)18-5-1-2-11(8-18)20-9-10-3-4-10/h10-14,16H,1-9H2,(H,17,19)/t11?,12-,13+,14?. The average Bonchev–Trinajstić information content (AvgIpc) is 3.36. The fourth-order valence-electron chi connectivity index (χ4n) is 3.68. The third-order valence-electron chi connectivity index (χ3n) is 5.31.